The van der Waals surface area contributed by atoms with Crippen molar-refractivity contribution >= 4 is 28.9 Å². The lowest BCUT2D eigenvalue weighted by Crippen LogP contribution is -2.31. The van der Waals surface area contributed by atoms with Crippen molar-refractivity contribution in [3.63, 3.8) is 0 Å². The Bertz CT molecular complexity index is 571. The second-order valence-corrected chi connectivity index (χ2v) is 5.77. The van der Waals surface area contributed by atoms with Crippen molar-refractivity contribution in [2.24, 2.45) is 0 Å². The second kappa shape index (κ2) is 6.88. The summed E-state index contributed by atoms with van der Waals surface area (Å²) in [6, 6.07) is 10.8. The number of benzene rings is 1. The van der Waals surface area contributed by atoms with Gasteiger partial charge in [0.05, 0.1) is 7.11 Å². The molecule has 0 aliphatic rings. The van der Waals surface area contributed by atoms with Crippen molar-refractivity contribution < 1.29 is 9.53 Å². The predicted octanol–water partition coefficient (Wildman–Crippen LogP) is 3.97. The molecule has 1 aromatic carbocycles. The van der Waals surface area contributed by atoms with Crippen LogP contribution in [0, 0.1) is 0 Å². The van der Waals surface area contributed by atoms with Gasteiger partial charge in [-0.2, -0.15) is 0 Å². The van der Waals surface area contributed by atoms with Crippen molar-refractivity contribution in [2.45, 2.75) is 19.0 Å². The average molecular weight is 310 g/mol. The zero-order valence-corrected chi connectivity index (χ0v) is 12.9. The number of carbonyl (C=O) groups excluding carboxylic acids is 1. The lowest BCUT2D eigenvalue weighted by molar-refractivity contribution is -0.143. The summed E-state index contributed by atoms with van der Waals surface area (Å²) in [5.74, 6) is -0.346. The van der Waals surface area contributed by atoms with E-state index < -0.39 is 6.04 Å². The van der Waals surface area contributed by atoms with Gasteiger partial charge in [0.1, 0.15) is 6.04 Å². The van der Waals surface area contributed by atoms with Gasteiger partial charge in [-0.1, -0.05) is 35.9 Å². The van der Waals surface area contributed by atoms with Gasteiger partial charge >= 0.3 is 5.97 Å². The highest BCUT2D eigenvalue weighted by Crippen LogP contribution is 2.27. The first-order chi connectivity index (χ1) is 9.63. The smallest absolute Gasteiger partial charge is 0.327 e. The number of hydrogen-bond acceptors (Lipinski definition) is 4. The van der Waals surface area contributed by atoms with E-state index in [9.17, 15) is 4.79 Å². The second-order valence-electron chi connectivity index (χ2n) is 4.38. The molecule has 1 heterocycles. The van der Waals surface area contributed by atoms with Gasteiger partial charge in [0.25, 0.3) is 0 Å². The normalized spacial score (nSPS) is 13.8. The number of methoxy groups -OCH3 is 1. The molecule has 5 heteroatoms. The summed E-state index contributed by atoms with van der Waals surface area (Å²) >= 11 is 7.83. The van der Waals surface area contributed by atoms with Crippen LogP contribution in [-0.4, -0.2) is 13.1 Å². The molecule has 0 bridgehead atoms. The fraction of sp³-hybridized carbons (Fsp3) is 0.267. The number of thiophene rings is 1. The van der Waals surface area contributed by atoms with E-state index in [0.29, 0.717) is 5.02 Å². The van der Waals surface area contributed by atoms with Crippen molar-refractivity contribution in [1.29, 1.82) is 0 Å². The maximum absolute atomic E-state index is 12.0. The topological polar surface area (TPSA) is 38.3 Å². The highest BCUT2D eigenvalue weighted by molar-refractivity contribution is 7.10. The van der Waals surface area contributed by atoms with Crippen LogP contribution in [0.5, 0.6) is 0 Å². The van der Waals surface area contributed by atoms with Gasteiger partial charge in [0.15, 0.2) is 0 Å². The first-order valence-electron chi connectivity index (χ1n) is 6.25. The summed E-state index contributed by atoms with van der Waals surface area (Å²) in [6.07, 6.45) is 0. The lowest BCUT2D eigenvalue weighted by Gasteiger charge is -2.22. The minimum atomic E-state index is -0.578. The van der Waals surface area contributed by atoms with Crippen molar-refractivity contribution in [1.82, 2.24) is 5.32 Å². The van der Waals surface area contributed by atoms with Gasteiger partial charge in [-0.05, 0) is 30.0 Å². The largest absolute Gasteiger partial charge is 0.468 e. The minimum Gasteiger partial charge on any atom is -0.468 e. The van der Waals surface area contributed by atoms with Gasteiger partial charge in [-0.15, -0.1) is 11.3 Å². The monoisotopic (exact) mass is 309 g/mol. The highest BCUT2D eigenvalue weighted by atomic mass is 35.5. The van der Waals surface area contributed by atoms with Crippen LogP contribution in [0.3, 0.4) is 0 Å². The third-order valence-corrected chi connectivity index (χ3v) is 4.44. The molecule has 0 amide bonds. The van der Waals surface area contributed by atoms with Crippen LogP contribution in [0.1, 0.15) is 29.4 Å². The molecule has 20 heavy (non-hydrogen) atoms. The number of halogens is 1. The summed E-state index contributed by atoms with van der Waals surface area (Å²) in [6.45, 7) is 2.01. The molecule has 0 fully saturated rings. The maximum atomic E-state index is 12.0. The first-order valence-corrected chi connectivity index (χ1v) is 7.51. The number of esters is 1. The maximum Gasteiger partial charge on any atom is 0.327 e. The molecule has 1 aromatic heterocycles. The molecule has 3 nitrogen and oxygen atoms in total. The van der Waals surface area contributed by atoms with E-state index in [4.69, 9.17) is 16.3 Å². The van der Waals surface area contributed by atoms with Crippen molar-refractivity contribution in [3.8, 4) is 0 Å². The molecule has 0 spiro atoms. The van der Waals surface area contributed by atoms with Crippen molar-refractivity contribution in [2.75, 3.05) is 7.11 Å². The SMILES string of the molecule is COC(=O)C(NC(C)c1cccs1)c1ccccc1Cl. The molecule has 0 aliphatic carbocycles. The Hall–Kier alpha value is -1.36. The third kappa shape index (κ3) is 3.39. The van der Waals surface area contributed by atoms with Crippen LogP contribution in [0.25, 0.3) is 0 Å². The fourth-order valence-corrected chi connectivity index (χ4v) is 2.97. The van der Waals surface area contributed by atoms with Crippen LogP contribution in [0.2, 0.25) is 5.02 Å². The van der Waals surface area contributed by atoms with Crippen LogP contribution < -0.4 is 5.32 Å². The van der Waals surface area contributed by atoms with E-state index in [-0.39, 0.29) is 12.0 Å². The summed E-state index contributed by atoms with van der Waals surface area (Å²) in [7, 11) is 1.38. The van der Waals surface area contributed by atoms with Crippen LogP contribution >= 0.6 is 22.9 Å². The molecule has 2 unspecified atom stereocenters. The molecule has 0 saturated carbocycles. The molecular formula is C15H16ClNO2S. The lowest BCUT2D eigenvalue weighted by atomic mass is 10.1. The highest BCUT2D eigenvalue weighted by Gasteiger charge is 2.25. The van der Waals surface area contributed by atoms with E-state index in [0.717, 1.165) is 10.4 Å². The summed E-state index contributed by atoms with van der Waals surface area (Å²) in [5, 5.41) is 5.84. The van der Waals surface area contributed by atoms with Crippen molar-refractivity contribution in [3.05, 3.63) is 57.2 Å². The Morgan fingerprint density at radius 1 is 1.30 bits per heavy atom. The number of nitrogens with one attached hydrogen (secondary N) is 1. The van der Waals surface area contributed by atoms with E-state index in [1.807, 2.05) is 42.6 Å². The average Bonchev–Trinajstić information content (AvgIpc) is 2.99. The number of hydrogen-bond donors (Lipinski definition) is 1. The number of ether oxygens (including phenoxy) is 1. The molecular weight excluding hydrogens is 294 g/mol. The van der Waals surface area contributed by atoms with Gasteiger partial charge in [-0.25, -0.2) is 4.79 Å². The Balaban J connectivity index is 2.25. The first kappa shape index (κ1) is 15.0. The number of rotatable bonds is 5. The van der Waals surface area contributed by atoms with Crippen LogP contribution in [-0.2, 0) is 9.53 Å². The number of carbonyl (C=O) groups is 1. The molecule has 2 atom stereocenters. The summed E-state index contributed by atoms with van der Waals surface area (Å²) in [4.78, 5) is 13.2. The van der Waals surface area contributed by atoms with E-state index in [1.165, 1.54) is 7.11 Å². The van der Waals surface area contributed by atoms with E-state index in [1.54, 1.807) is 17.4 Å². The Morgan fingerprint density at radius 3 is 2.65 bits per heavy atom. The fourth-order valence-electron chi connectivity index (χ4n) is 1.98. The molecule has 0 saturated heterocycles. The zero-order valence-electron chi connectivity index (χ0n) is 11.3. The van der Waals surface area contributed by atoms with Crippen LogP contribution in [0.15, 0.2) is 41.8 Å². The minimum absolute atomic E-state index is 0.0374. The molecule has 1 N–H and O–H groups in total. The standard InChI is InChI=1S/C15H16ClNO2S/c1-10(13-8-5-9-20-13)17-14(15(18)19-2)11-6-3-4-7-12(11)16/h3-10,14,17H,1-2H3. The third-order valence-electron chi connectivity index (χ3n) is 3.04. The van der Waals surface area contributed by atoms with Gasteiger partial charge in [-0.3, -0.25) is 5.32 Å². The molecule has 2 aromatic rings. The molecule has 2 rings (SSSR count). The zero-order chi connectivity index (χ0) is 14.5. The van der Waals surface area contributed by atoms with Gasteiger partial charge < -0.3 is 4.74 Å². The molecule has 106 valence electrons. The molecule has 0 radical (unpaired) electrons. The predicted molar refractivity (Wildman–Crippen MR) is 82.1 cm³/mol. The van der Waals surface area contributed by atoms with E-state index in [2.05, 4.69) is 5.32 Å². The summed E-state index contributed by atoms with van der Waals surface area (Å²) in [5.41, 5.74) is 0.726. The van der Waals surface area contributed by atoms with E-state index >= 15 is 0 Å². The van der Waals surface area contributed by atoms with Crippen LogP contribution in [0.4, 0.5) is 0 Å². The quantitative estimate of drug-likeness (QED) is 0.849. The van der Waals surface area contributed by atoms with Gasteiger partial charge in [0.2, 0.25) is 0 Å². The Morgan fingerprint density at radius 2 is 2.05 bits per heavy atom. The molecule has 0 aliphatic heterocycles. The Labute approximate surface area is 127 Å². The summed E-state index contributed by atoms with van der Waals surface area (Å²) < 4.78 is 4.88. The van der Waals surface area contributed by atoms with Gasteiger partial charge in [0, 0.05) is 15.9 Å². The Kier molecular flexibility index (Phi) is 5.17.